The van der Waals surface area contributed by atoms with Crippen LogP contribution in [-0.2, 0) is 11.3 Å². The van der Waals surface area contributed by atoms with Gasteiger partial charge in [-0.25, -0.2) is 4.79 Å². The van der Waals surface area contributed by atoms with E-state index in [9.17, 15) is 9.59 Å². The third-order valence-electron chi connectivity index (χ3n) is 2.24. The second-order valence-corrected chi connectivity index (χ2v) is 3.99. The molecule has 0 aliphatic carbocycles. The molecule has 0 aliphatic heterocycles. The lowest BCUT2D eigenvalue weighted by atomic mass is 10.1. The van der Waals surface area contributed by atoms with E-state index in [0.29, 0.717) is 6.54 Å². The van der Waals surface area contributed by atoms with Gasteiger partial charge in [-0.3, -0.25) is 9.78 Å². The van der Waals surface area contributed by atoms with Crippen molar-refractivity contribution in [1.29, 1.82) is 0 Å². The van der Waals surface area contributed by atoms with Crippen LogP contribution in [0.1, 0.15) is 19.5 Å². The van der Waals surface area contributed by atoms with Gasteiger partial charge < -0.3 is 10.6 Å². The van der Waals surface area contributed by atoms with Crippen molar-refractivity contribution in [2.24, 2.45) is 5.92 Å². The molecule has 91 valence electrons. The highest BCUT2D eigenvalue weighted by atomic mass is 16.2. The van der Waals surface area contributed by atoms with Gasteiger partial charge in [0.15, 0.2) is 0 Å². The number of nitrogens with zero attached hydrogens (tertiary/aromatic N) is 1. The molecule has 5 heteroatoms. The van der Waals surface area contributed by atoms with E-state index in [1.54, 1.807) is 18.5 Å². The molecule has 1 radical (unpaired) electrons. The maximum absolute atomic E-state index is 11.5. The van der Waals surface area contributed by atoms with Crippen LogP contribution in [0.25, 0.3) is 0 Å². The Kier molecular flexibility index (Phi) is 5.13. The van der Waals surface area contributed by atoms with E-state index in [1.165, 1.54) is 0 Å². The first-order valence-corrected chi connectivity index (χ1v) is 5.45. The molecule has 0 aromatic carbocycles. The van der Waals surface area contributed by atoms with Crippen LogP contribution in [0.5, 0.6) is 0 Å². The quantitative estimate of drug-likeness (QED) is 0.799. The molecule has 1 aromatic rings. The molecule has 0 saturated carbocycles. The molecule has 1 aromatic heterocycles. The van der Waals surface area contributed by atoms with Crippen LogP contribution in [0.15, 0.2) is 24.4 Å². The minimum absolute atomic E-state index is 0.0214. The predicted octanol–water partition coefficient (Wildman–Crippen LogP) is 1.02. The molecule has 0 bridgehead atoms. The Balaban J connectivity index is 2.37. The fourth-order valence-corrected chi connectivity index (χ4v) is 1.20. The first-order valence-electron chi connectivity index (χ1n) is 5.45. The van der Waals surface area contributed by atoms with E-state index in [2.05, 4.69) is 15.6 Å². The molecule has 1 heterocycles. The van der Waals surface area contributed by atoms with Crippen molar-refractivity contribution in [2.45, 2.75) is 26.4 Å². The van der Waals surface area contributed by atoms with E-state index in [-0.39, 0.29) is 5.92 Å². The average molecular weight is 234 g/mol. The van der Waals surface area contributed by atoms with Gasteiger partial charge in [0.2, 0.25) is 6.29 Å². The summed E-state index contributed by atoms with van der Waals surface area (Å²) in [5.74, 6) is 0.0214. The van der Waals surface area contributed by atoms with Gasteiger partial charge in [0.05, 0.1) is 18.3 Å². The predicted molar refractivity (Wildman–Crippen MR) is 63.9 cm³/mol. The number of aromatic nitrogens is 1. The topological polar surface area (TPSA) is 71.1 Å². The summed E-state index contributed by atoms with van der Waals surface area (Å²) in [6, 6.07) is 4.49. The summed E-state index contributed by atoms with van der Waals surface area (Å²) < 4.78 is 0. The summed E-state index contributed by atoms with van der Waals surface area (Å²) in [5, 5.41) is 5.16. The fourth-order valence-electron chi connectivity index (χ4n) is 1.20. The van der Waals surface area contributed by atoms with Crippen LogP contribution >= 0.6 is 0 Å². The van der Waals surface area contributed by atoms with Crippen molar-refractivity contribution in [1.82, 2.24) is 15.6 Å². The van der Waals surface area contributed by atoms with Crippen LogP contribution in [0, 0.1) is 5.92 Å². The van der Waals surface area contributed by atoms with E-state index in [1.807, 2.05) is 26.0 Å². The van der Waals surface area contributed by atoms with E-state index >= 15 is 0 Å². The number of carbonyl (C=O) groups excluding carboxylic acids is 2. The van der Waals surface area contributed by atoms with Gasteiger partial charge in [0.25, 0.3) is 0 Å². The van der Waals surface area contributed by atoms with E-state index in [4.69, 9.17) is 0 Å². The smallest absolute Gasteiger partial charge is 0.315 e. The minimum atomic E-state index is -0.585. The SMILES string of the molecule is CC(C)[C@@H]([C]=O)NC(=O)NCc1ccccn1. The molecule has 0 saturated heterocycles. The molecular formula is C12H16N3O2. The number of nitrogens with one attached hydrogen (secondary N) is 2. The zero-order chi connectivity index (χ0) is 12.7. The van der Waals surface area contributed by atoms with Crippen LogP contribution in [-0.4, -0.2) is 23.3 Å². The lowest BCUT2D eigenvalue weighted by Crippen LogP contribution is -2.45. The van der Waals surface area contributed by atoms with Crippen LogP contribution in [0.3, 0.4) is 0 Å². The zero-order valence-corrected chi connectivity index (χ0v) is 9.93. The number of amides is 2. The monoisotopic (exact) mass is 234 g/mol. The number of carbonyl (C=O) groups is 1. The van der Waals surface area contributed by atoms with Gasteiger partial charge in [-0.2, -0.15) is 0 Å². The summed E-state index contributed by atoms with van der Waals surface area (Å²) in [5.41, 5.74) is 0.763. The highest BCUT2D eigenvalue weighted by molar-refractivity contribution is 5.78. The van der Waals surface area contributed by atoms with Crippen LogP contribution in [0.4, 0.5) is 4.79 Å². The lowest BCUT2D eigenvalue weighted by Gasteiger charge is -2.15. The molecule has 0 fully saturated rings. The molecule has 1 atom stereocenters. The summed E-state index contributed by atoms with van der Waals surface area (Å²) in [4.78, 5) is 26.1. The Labute approximate surface area is 101 Å². The first kappa shape index (κ1) is 13.2. The van der Waals surface area contributed by atoms with Gasteiger partial charge >= 0.3 is 6.03 Å². The zero-order valence-electron chi connectivity index (χ0n) is 9.93. The standard InChI is InChI=1S/C12H16N3O2/c1-9(2)11(8-16)15-12(17)14-7-10-5-3-4-6-13-10/h3-6,9,11H,7H2,1-2H3,(H2,14,15,17)/t11-/m1/s1. The number of hydrogen-bond donors (Lipinski definition) is 2. The summed E-state index contributed by atoms with van der Waals surface area (Å²) in [7, 11) is 0. The van der Waals surface area contributed by atoms with Crippen molar-refractivity contribution < 1.29 is 9.59 Å². The van der Waals surface area contributed by atoms with Gasteiger partial charge in [-0.05, 0) is 18.1 Å². The van der Waals surface area contributed by atoms with Gasteiger partial charge in [-0.1, -0.05) is 19.9 Å². The molecule has 0 unspecified atom stereocenters. The first-order chi connectivity index (χ1) is 8.13. The van der Waals surface area contributed by atoms with Gasteiger partial charge in [0.1, 0.15) is 0 Å². The Morgan fingerprint density at radius 2 is 2.24 bits per heavy atom. The number of rotatable bonds is 5. The Bertz CT molecular complexity index is 365. The van der Waals surface area contributed by atoms with Crippen molar-refractivity contribution in [3.05, 3.63) is 30.1 Å². The molecule has 1 rings (SSSR count). The van der Waals surface area contributed by atoms with Gasteiger partial charge in [-0.15, -0.1) is 0 Å². The highest BCUT2D eigenvalue weighted by Gasteiger charge is 2.15. The fraction of sp³-hybridized carbons (Fsp3) is 0.417. The molecule has 17 heavy (non-hydrogen) atoms. The van der Waals surface area contributed by atoms with Crippen molar-refractivity contribution in [3.63, 3.8) is 0 Å². The molecule has 0 aliphatic rings. The Hall–Kier alpha value is -1.91. The van der Waals surface area contributed by atoms with E-state index < -0.39 is 12.1 Å². The summed E-state index contributed by atoms with van der Waals surface area (Å²) >= 11 is 0. The highest BCUT2D eigenvalue weighted by Crippen LogP contribution is 1.98. The molecule has 2 amide bonds. The number of pyridine rings is 1. The summed E-state index contributed by atoms with van der Waals surface area (Å²) in [6.45, 7) is 4.01. The lowest BCUT2D eigenvalue weighted by molar-refractivity contribution is 0.236. The average Bonchev–Trinajstić information content (AvgIpc) is 2.34. The third-order valence-corrected chi connectivity index (χ3v) is 2.24. The second kappa shape index (κ2) is 6.62. The van der Waals surface area contributed by atoms with Crippen molar-refractivity contribution in [2.75, 3.05) is 0 Å². The molecule has 0 spiro atoms. The van der Waals surface area contributed by atoms with Crippen LogP contribution < -0.4 is 10.6 Å². The van der Waals surface area contributed by atoms with Crippen molar-refractivity contribution >= 4 is 12.3 Å². The van der Waals surface area contributed by atoms with Crippen LogP contribution in [0.2, 0.25) is 0 Å². The molecular weight excluding hydrogens is 218 g/mol. The number of hydrogen-bond acceptors (Lipinski definition) is 3. The Morgan fingerprint density at radius 1 is 1.47 bits per heavy atom. The minimum Gasteiger partial charge on any atom is -0.332 e. The van der Waals surface area contributed by atoms with Gasteiger partial charge in [0, 0.05) is 6.20 Å². The second-order valence-electron chi connectivity index (χ2n) is 3.99. The van der Waals surface area contributed by atoms with Crippen molar-refractivity contribution in [3.8, 4) is 0 Å². The largest absolute Gasteiger partial charge is 0.332 e. The number of urea groups is 1. The Morgan fingerprint density at radius 3 is 2.76 bits per heavy atom. The maximum Gasteiger partial charge on any atom is 0.315 e. The molecule has 2 N–H and O–H groups in total. The maximum atomic E-state index is 11.5. The summed E-state index contributed by atoms with van der Waals surface area (Å²) in [6.07, 6.45) is 3.45. The normalized spacial score (nSPS) is 11.9. The third kappa shape index (κ3) is 4.63. The van der Waals surface area contributed by atoms with E-state index in [0.717, 1.165) is 5.69 Å². The molecule has 5 nitrogen and oxygen atoms in total.